The van der Waals surface area contributed by atoms with Crippen molar-refractivity contribution in [1.29, 1.82) is 0 Å². The molecule has 6 heteroatoms. The summed E-state index contributed by atoms with van der Waals surface area (Å²) in [5, 5.41) is 3.93. The van der Waals surface area contributed by atoms with Crippen molar-refractivity contribution in [2.75, 3.05) is 37.6 Å². The van der Waals surface area contributed by atoms with Gasteiger partial charge in [0.2, 0.25) is 5.91 Å². The quantitative estimate of drug-likeness (QED) is 0.892. The second-order valence-electron chi connectivity index (χ2n) is 7.54. The van der Waals surface area contributed by atoms with Crippen molar-refractivity contribution in [2.24, 2.45) is 11.8 Å². The maximum atomic E-state index is 12.4. The molecule has 0 radical (unpaired) electrons. The molecule has 1 N–H and O–H groups in total. The lowest BCUT2D eigenvalue weighted by atomic mass is 9.78. The molecule has 1 saturated heterocycles. The summed E-state index contributed by atoms with van der Waals surface area (Å²) in [5.74, 6) is 2.41. The third-order valence-corrected chi connectivity index (χ3v) is 6.05. The number of anilines is 1. The SMILES string of the molecule is CC1CCCC(NC(=O)CN2CCN(c3ccc(Cl)cn3)CC2)C1C. The maximum absolute atomic E-state index is 12.4. The van der Waals surface area contributed by atoms with E-state index in [1.165, 1.54) is 12.8 Å². The highest BCUT2D eigenvalue weighted by Crippen LogP contribution is 2.29. The van der Waals surface area contributed by atoms with Gasteiger partial charge < -0.3 is 10.2 Å². The zero-order valence-corrected chi connectivity index (χ0v) is 16.0. The van der Waals surface area contributed by atoms with E-state index in [-0.39, 0.29) is 5.91 Å². The first kappa shape index (κ1) is 18.5. The van der Waals surface area contributed by atoms with Crippen LogP contribution >= 0.6 is 11.6 Å². The fourth-order valence-corrected chi connectivity index (χ4v) is 4.04. The molecule has 2 heterocycles. The lowest BCUT2D eigenvalue weighted by Gasteiger charge is -2.37. The number of nitrogens with zero attached hydrogens (tertiary/aromatic N) is 3. The normalized spacial score (nSPS) is 28.0. The van der Waals surface area contributed by atoms with Gasteiger partial charge in [-0.1, -0.05) is 38.3 Å². The molecule has 3 unspecified atom stereocenters. The molecule has 25 heavy (non-hydrogen) atoms. The number of nitrogens with one attached hydrogen (secondary N) is 1. The average molecular weight is 365 g/mol. The van der Waals surface area contributed by atoms with Gasteiger partial charge in [0.25, 0.3) is 0 Å². The lowest BCUT2D eigenvalue weighted by molar-refractivity contribution is -0.123. The minimum atomic E-state index is 0.170. The van der Waals surface area contributed by atoms with Gasteiger partial charge in [0.05, 0.1) is 11.6 Å². The van der Waals surface area contributed by atoms with E-state index in [2.05, 4.69) is 33.9 Å². The number of amides is 1. The Hall–Kier alpha value is -1.33. The smallest absolute Gasteiger partial charge is 0.234 e. The molecule has 138 valence electrons. The second-order valence-corrected chi connectivity index (χ2v) is 7.98. The van der Waals surface area contributed by atoms with E-state index in [1.807, 2.05) is 12.1 Å². The number of carbonyl (C=O) groups excluding carboxylic acids is 1. The summed E-state index contributed by atoms with van der Waals surface area (Å²) in [5.41, 5.74) is 0. The molecule has 0 aromatic carbocycles. The second kappa shape index (κ2) is 8.37. The van der Waals surface area contributed by atoms with Crippen LogP contribution in [0.5, 0.6) is 0 Å². The highest BCUT2D eigenvalue weighted by atomic mass is 35.5. The van der Waals surface area contributed by atoms with Crippen molar-refractivity contribution in [3.63, 3.8) is 0 Å². The van der Waals surface area contributed by atoms with Crippen LogP contribution in [0.15, 0.2) is 18.3 Å². The van der Waals surface area contributed by atoms with Crippen LogP contribution in [0, 0.1) is 11.8 Å². The van der Waals surface area contributed by atoms with Crippen molar-refractivity contribution in [3.05, 3.63) is 23.4 Å². The molecule has 2 aliphatic rings. The number of aromatic nitrogens is 1. The summed E-state index contributed by atoms with van der Waals surface area (Å²) in [7, 11) is 0. The van der Waals surface area contributed by atoms with Crippen molar-refractivity contribution in [3.8, 4) is 0 Å². The monoisotopic (exact) mass is 364 g/mol. The van der Waals surface area contributed by atoms with Crippen LogP contribution in [0.4, 0.5) is 5.82 Å². The Bertz CT molecular complexity index is 571. The summed E-state index contributed by atoms with van der Waals surface area (Å²) in [4.78, 5) is 21.3. The minimum Gasteiger partial charge on any atom is -0.354 e. The Balaban J connectivity index is 1.44. The fraction of sp³-hybridized carbons (Fsp3) is 0.684. The number of hydrogen-bond donors (Lipinski definition) is 1. The molecule has 5 nitrogen and oxygen atoms in total. The van der Waals surface area contributed by atoms with E-state index in [4.69, 9.17) is 11.6 Å². The molecule has 0 spiro atoms. The van der Waals surface area contributed by atoms with Crippen LogP contribution in [-0.2, 0) is 4.79 Å². The highest BCUT2D eigenvalue weighted by molar-refractivity contribution is 6.30. The lowest BCUT2D eigenvalue weighted by Crippen LogP contribution is -2.52. The molecule has 1 aromatic rings. The Kier molecular flexibility index (Phi) is 6.18. The topological polar surface area (TPSA) is 48.5 Å². The number of carbonyl (C=O) groups is 1. The van der Waals surface area contributed by atoms with Gasteiger partial charge in [-0.3, -0.25) is 9.69 Å². The molecule has 1 aliphatic carbocycles. The van der Waals surface area contributed by atoms with Crippen LogP contribution in [0.25, 0.3) is 0 Å². The number of piperazine rings is 1. The molecular weight excluding hydrogens is 336 g/mol. The summed E-state index contributed by atoms with van der Waals surface area (Å²) < 4.78 is 0. The first-order chi connectivity index (χ1) is 12.0. The van der Waals surface area contributed by atoms with Gasteiger partial charge in [-0.2, -0.15) is 0 Å². The van der Waals surface area contributed by atoms with E-state index < -0.39 is 0 Å². The number of halogens is 1. The van der Waals surface area contributed by atoms with Crippen LogP contribution in [0.1, 0.15) is 33.1 Å². The van der Waals surface area contributed by atoms with Gasteiger partial charge in [-0.25, -0.2) is 4.98 Å². The largest absolute Gasteiger partial charge is 0.354 e. The van der Waals surface area contributed by atoms with Crippen molar-refractivity contribution < 1.29 is 4.79 Å². The van der Waals surface area contributed by atoms with Gasteiger partial charge in [-0.05, 0) is 30.4 Å². The fourth-order valence-electron chi connectivity index (χ4n) is 3.93. The molecule has 1 saturated carbocycles. The van der Waals surface area contributed by atoms with Gasteiger partial charge >= 0.3 is 0 Å². The predicted molar refractivity (Wildman–Crippen MR) is 102 cm³/mol. The van der Waals surface area contributed by atoms with Crippen molar-refractivity contribution in [2.45, 2.75) is 39.2 Å². The molecule has 1 aliphatic heterocycles. The summed E-state index contributed by atoms with van der Waals surface area (Å²) in [6.45, 7) is 8.61. The Morgan fingerprint density at radius 3 is 2.68 bits per heavy atom. The molecule has 3 rings (SSSR count). The molecule has 1 aromatic heterocycles. The third-order valence-electron chi connectivity index (χ3n) is 5.83. The number of pyridine rings is 1. The zero-order chi connectivity index (χ0) is 17.8. The maximum Gasteiger partial charge on any atom is 0.234 e. The van der Waals surface area contributed by atoms with Crippen LogP contribution in [-0.4, -0.2) is 54.6 Å². The van der Waals surface area contributed by atoms with Crippen molar-refractivity contribution >= 4 is 23.3 Å². The van der Waals surface area contributed by atoms with Crippen molar-refractivity contribution in [1.82, 2.24) is 15.2 Å². The van der Waals surface area contributed by atoms with E-state index in [0.717, 1.165) is 38.4 Å². The summed E-state index contributed by atoms with van der Waals surface area (Å²) in [6, 6.07) is 4.17. The van der Waals surface area contributed by atoms with Gasteiger partial charge in [0.1, 0.15) is 5.82 Å². The first-order valence-corrected chi connectivity index (χ1v) is 9.79. The minimum absolute atomic E-state index is 0.170. The summed E-state index contributed by atoms with van der Waals surface area (Å²) >= 11 is 5.90. The van der Waals surface area contributed by atoms with Crippen LogP contribution in [0.2, 0.25) is 5.02 Å². The molecule has 3 atom stereocenters. The number of rotatable bonds is 4. The van der Waals surface area contributed by atoms with E-state index in [9.17, 15) is 4.79 Å². The Morgan fingerprint density at radius 2 is 2.00 bits per heavy atom. The average Bonchev–Trinajstić information content (AvgIpc) is 2.60. The van der Waals surface area contributed by atoms with Crippen LogP contribution < -0.4 is 10.2 Å². The first-order valence-electron chi connectivity index (χ1n) is 9.41. The van der Waals surface area contributed by atoms with E-state index in [1.54, 1.807) is 6.20 Å². The predicted octanol–water partition coefficient (Wildman–Crippen LogP) is 2.80. The Morgan fingerprint density at radius 1 is 1.24 bits per heavy atom. The van der Waals surface area contributed by atoms with Gasteiger partial charge in [-0.15, -0.1) is 0 Å². The third kappa shape index (κ3) is 4.85. The molecule has 2 fully saturated rings. The summed E-state index contributed by atoms with van der Waals surface area (Å²) in [6.07, 6.45) is 5.31. The molecule has 0 bridgehead atoms. The van der Waals surface area contributed by atoms with E-state index >= 15 is 0 Å². The Labute approximate surface area is 155 Å². The van der Waals surface area contributed by atoms with Gasteiger partial charge in [0, 0.05) is 38.4 Å². The molecule has 1 amide bonds. The standard InChI is InChI=1S/C19H29ClN4O/c1-14-4-3-5-17(15(14)2)22-19(25)13-23-8-10-24(11-9-23)18-7-6-16(20)12-21-18/h6-7,12,14-15,17H,3-5,8-11,13H2,1-2H3,(H,22,25). The highest BCUT2D eigenvalue weighted by Gasteiger charge is 2.28. The van der Waals surface area contributed by atoms with Crippen LogP contribution in [0.3, 0.4) is 0 Å². The van der Waals surface area contributed by atoms with Gasteiger partial charge in [0.15, 0.2) is 0 Å². The molecular formula is C19H29ClN4O. The number of hydrogen-bond acceptors (Lipinski definition) is 4. The van der Waals surface area contributed by atoms with E-state index in [0.29, 0.717) is 29.4 Å². The zero-order valence-electron chi connectivity index (χ0n) is 15.2.